The van der Waals surface area contributed by atoms with Crippen molar-refractivity contribution in [2.24, 2.45) is 5.92 Å². The standard InChI is InChI=1S/C15H24N4O/c1-12(11-19-7-3-4-8-19)9-18-15(20)14-6-5-13(16-2)10-17-14/h5-6,10,12,16H,3-4,7-9,11H2,1-2H3,(H,18,20). The zero-order valence-electron chi connectivity index (χ0n) is 12.4. The van der Waals surface area contributed by atoms with Crippen molar-refractivity contribution < 1.29 is 4.79 Å². The molecule has 0 saturated carbocycles. The lowest BCUT2D eigenvalue weighted by Gasteiger charge is -2.20. The molecule has 0 radical (unpaired) electrons. The van der Waals surface area contributed by atoms with Crippen LogP contribution in [0, 0.1) is 5.92 Å². The summed E-state index contributed by atoms with van der Waals surface area (Å²) in [5.41, 5.74) is 1.38. The van der Waals surface area contributed by atoms with Crippen LogP contribution in [-0.4, -0.2) is 49.0 Å². The molecule has 2 heterocycles. The second-order valence-corrected chi connectivity index (χ2v) is 5.51. The highest BCUT2D eigenvalue weighted by Crippen LogP contribution is 2.10. The van der Waals surface area contributed by atoms with Crippen molar-refractivity contribution in [2.45, 2.75) is 19.8 Å². The van der Waals surface area contributed by atoms with Crippen molar-refractivity contribution in [3.8, 4) is 0 Å². The van der Waals surface area contributed by atoms with Gasteiger partial charge in [-0.2, -0.15) is 0 Å². The van der Waals surface area contributed by atoms with Crippen molar-refractivity contribution in [1.82, 2.24) is 15.2 Å². The van der Waals surface area contributed by atoms with Crippen molar-refractivity contribution in [3.63, 3.8) is 0 Å². The summed E-state index contributed by atoms with van der Waals surface area (Å²) < 4.78 is 0. The second-order valence-electron chi connectivity index (χ2n) is 5.51. The molecule has 0 bridgehead atoms. The molecule has 0 spiro atoms. The van der Waals surface area contributed by atoms with Crippen LogP contribution in [-0.2, 0) is 0 Å². The Morgan fingerprint density at radius 1 is 1.40 bits per heavy atom. The molecule has 5 nitrogen and oxygen atoms in total. The van der Waals surface area contributed by atoms with E-state index in [0.29, 0.717) is 18.2 Å². The number of pyridine rings is 1. The van der Waals surface area contributed by atoms with Crippen LogP contribution in [0.5, 0.6) is 0 Å². The van der Waals surface area contributed by atoms with Gasteiger partial charge in [-0.3, -0.25) is 4.79 Å². The van der Waals surface area contributed by atoms with E-state index in [1.54, 1.807) is 12.3 Å². The molecule has 1 aromatic heterocycles. The summed E-state index contributed by atoms with van der Waals surface area (Å²) in [4.78, 5) is 18.6. The van der Waals surface area contributed by atoms with Gasteiger partial charge in [0, 0.05) is 20.1 Å². The second kappa shape index (κ2) is 7.24. The largest absolute Gasteiger partial charge is 0.387 e. The predicted octanol–water partition coefficient (Wildman–Crippen LogP) is 1.58. The minimum atomic E-state index is -0.0964. The maximum absolute atomic E-state index is 12.0. The van der Waals surface area contributed by atoms with Gasteiger partial charge in [0.2, 0.25) is 0 Å². The molecular weight excluding hydrogens is 252 g/mol. The highest BCUT2D eigenvalue weighted by atomic mass is 16.1. The molecule has 5 heteroatoms. The highest BCUT2D eigenvalue weighted by Gasteiger charge is 2.15. The van der Waals surface area contributed by atoms with Crippen molar-refractivity contribution in [2.75, 3.05) is 38.5 Å². The minimum absolute atomic E-state index is 0.0964. The molecule has 0 aromatic carbocycles. The number of anilines is 1. The smallest absolute Gasteiger partial charge is 0.269 e. The lowest BCUT2D eigenvalue weighted by Crippen LogP contribution is -2.34. The number of carbonyl (C=O) groups excluding carboxylic acids is 1. The van der Waals surface area contributed by atoms with E-state index in [9.17, 15) is 4.79 Å². The molecular formula is C15H24N4O. The lowest BCUT2D eigenvalue weighted by molar-refractivity contribution is 0.0940. The van der Waals surface area contributed by atoms with Gasteiger partial charge in [0.05, 0.1) is 11.9 Å². The predicted molar refractivity (Wildman–Crippen MR) is 81.0 cm³/mol. The molecule has 1 aliphatic rings. The summed E-state index contributed by atoms with van der Waals surface area (Å²) in [6.07, 6.45) is 4.28. The van der Waals surface area contributed by atoms with E-state index in [2.05, 4.69) is 27.4 Å². The number of nitrogens with one attached hydrogen (secondary N) is 2. The van der Waals surface area contributed by atoms with Crippen LogP contribution in [0.15, 0.2) is 18.3 Å². The third kappa shape index (κ3) is 4.20. The Labute approximate surface area is 120 Å². The maximum atomic E-state index is 12.0. The number of aromatic nitrogens is 1. The van der Waals surface area contributed by atoms with Crippen LogP contribution in [0.3, 0.4) is 0 Å². The molecule has 1 saturated heterocycles. The van der Waals surface area contributed by atoms with Crippen LogP contribution in [0.4, 0.5) is 5.69 Å². The van der Waals surface area contributed by atoms with Crippen LogP contribution in [0.1, 0.15) is 30.3 Å². The zero-order valence-corrected chi connectivity index (χ0v) is 12.4. The van der Waals surface area contributed by atoms with Gasteiger partial charge >= 0.3 is 0 Å². The van der Waals surface area contributed by atoms with Crippen molar-refractivity contribution >= 4 is 11.6 Å². The van der Waals surface area contributed by atoms with Crippen LogP contribution >= 0.6 is 0 Å². The first-order valence-electron chi connectivity index (χ1n) is 7.33. The Balaban J connectivity index is 1.75. The summed E-state index contributed by atoms with van der Waals surface area (Å²) >= 11 is 0. The number of carbonyl (C=O) groups is 1. The monoisotopic (exact) mass is 276 g/mol. The Hall–Kier alpha value is -1.62. The summed E-state index contributed by atoms with van der Waals surface area (Å²) in [6, 6.07) is 3.60. The van der Waals surface area contributed by atoms with Gasteiger partial charge in [-0.25, -0.2) is 4.98 Å². The van der Waals surface area contributed by atoms with E-state index in [0.717, 1.165) is 12.2 Å². The van der Waals surface area contributed by atoms with E-state index >= 15 is 0 Å². The number of rotatable bonds is 6. The third-order valence-electron chi connectivity index (χ3n) is 3.66. The van der Waals surface area contributed by atoms with Gasteiger partial charge in [0.1, 0.15) is 5.69 Å². The first kappa shape index (κ1) is 14.8. The van der Waals surface area contributed by atoms with Crippen molar-refractivity contribution in [1.29, 1.82) is 0 Å². The molecule has 1 amide bonds. The fourth-order valence-corrected chi connectivity index (χ4v) is 2.50. The normalized spacial score (nSPS) is 16.9. The quantitative estimate of drug-likeness (QED) is 0.828. The highest BCUT2D eigenvalue weighted by molar-refractivity contribution is 5.92. The van der Waals surface area contributed by atoms with Gasteiger partial charge < -0.3 is 15.5 Å². The molecule has 2 N–H and O–H groups in total. The minimum Gasteiger partial charge on any atom is -0.387 e. The molecule has 110 valence electrons. The summed E-state index contributed by atoms with van der Waals surface area (Å²) in [5, 5.41) is 5.95. The number of hydrogen-bond donors (Lipinski definition) is 2. The summed E-state index contributed by atoms with van der Waals surface area (Å²) in [7, 11) is 1.83. The average molecular weight is 276 g/mol. The molecule has 1 aromatic rings. The Bertz CT molecular complexity index is 426. The summed E-state index contributed by atoms with van der Waals surface area (Å²) in [6.45, 7) is 6.34. The van der Waals surface area contributed by atoms with Crippen LogP contribution < -0.4 is 10.6 Å². The topological polar surface area (TPSA) is 57.3 Å². The molecule has 0 aliphatic carbocycles. The van der Waals surface area contributed by atoms with E-state index in [1.807, 2.05) is 13.1 Å². The summed E-state index contributed by atoms with van der Waals surface area (Å²) in [5.74, 6) is 0.370. The fraction of sp³-hybridized carbons (Fsp3) is 0.600. The number of likely N-dealkylation sites (tertiary alicyclic amines) is 1. The Kier molecular flexibility index (Phi) is 5.35. The molecule has 20 heavy (non-hydrogen) atoms. The van der Waals surface area contributed by atoms with Gasteiger partial charge in [-0.05, 0) is 44.0 Å². The van der Waals surface area contributed by atoms with Crippen LogP contribution in [0.25, 0.3) is 0 Å². The van der Waals surface area contributed by atoms with Gasteiger partial charge in [0.15, 0.2) is 0 Å². The average Bonchev–Trinajstić information content (AvgIpc) is 2.97. The molecule has 1 unspecified atom stereocenters. The first-order valence-corrected chi connectivity index (χ1v) is 7.33. The number of hydrogen-bond acceptors (Lipinski definition) is 4. The van der Waals surface area contributed by atoms with E-state index in [-0.39, 0.29) is 5.91 Å². The number of amides is 1. The SMILES string of the molecule is CNc1ccc(C(=O)NCC(C)CN2CCCC2)nc1. The fourth-order valence-electron chi connectivity index (χ4n) is 2.50. The molecule has 1 aliphatic heterocycles. The Morgan fingerprint density at radius 2 is 2.15 bits per heavy atom. The van der Waals surface area contributed by atoms with Crippen LogP contribution in [0.2, 0.25) is 0 Å². The van der Waals surface area contributed by atoms with Crippen molar-refractivity contribution in [3.05, 3.63) is 24.0 Å². The number of nitrogens with zero attached hydrogens (tertiary/aromatic N) is 2. The maximum Gasteiger partial charge on any atom is 0.269 e. The van der Waals surface area contributed by atoms with E-state index < -0.39 is 0 Å². The van der Waals surface area contributed by atoms with E-state index in [4.69, 9.17) is 0 Å². The molecule has 1 fully saturated rings. The molecule has 2 rings (SSSR count). The first-order chi connectivity index (χ1) is 9.69. The zero-order chi connectivity index (χ0) is 14.4. The van der Waals surface area contributed by atoms with Gasteiger partial charge in [-0.15, -0.1) is 0 Å². The van der Waals surface area contributed by atoms with Gasteiger partial charge in [-0.1, -0.05) is 6.92 Å². The van der Waals surface area contributed by atoms with E-state index in [1.165, 1.54) is 25.9 Å². The molecule has 1 atom stereocenters. The third-order valence-corrected chi connectivity index (χ3v) is 3.66. The lowest BCUT2D eigenvalue weighted by atomic mass is 10.1. The van der Waals surface area contributed by atoms with Gasteiger partial charge in [0.25, 0.3) is 5.91 Å². The Morgan fingerprint density at radius 3 is 2.75 bits per heavy atom.